The molecule has 0 spiro atoms. The van der Waals surface area contributed by atoms with Crippen LogP contribution in [0.3, 0.4) is 0 Å². The van der Waals surface area contributed by atoms with Gasteiger partial charge in [0, 0.05) is 18.9 Å². The summed E-state index contributed by atoms with van der Waals surface area (Å²) < 4.78 is 11.1. The van der Waals surface area contributed by atoms with Crippen molar-refractivity contribution in [2.24, 2.45) is 5.90 Å². The van der Waals surface area contributed by atoms with Gasteiger partial charge in [0.15, 0.2) is 11.5 Å². The maximum Gasteiger partial charge on any atom is 0.358 e. The van der Waals surface area contributed by atoms with Gasteiger partial charge in [0.2, 0.25) is 5.91 Å². The Morgan fingerprint density at radius 1 is 1.13 bits per heavy atom. The van der Waals surface area contributed by atoms with Crippen molar-refractivity contribution in [3.63, 3.8) is 0 Å². The van der Waals surface area contributed by atoms with Gasteiger partial charge in [-0.3, -0.25) is 4.79 Å². The Labute approximate surface area is 175 Å². The monoisotopic (exact) mass is 408 g/mol. The summed E-state index contributed by atoms with van der Waals surface area (Å²) >= 11 is 0. The highest BCUT2D eigenvalue weighted by Gasteiger charge is 2.12. The van der Waals surface area contributed by atoms with E-state index in [1.165, 1.54) is 12.1 Å². The van der Waals surface area contributed by atoms with Gasteiger partial charge in [-0.1, -0.05) is 31.0 Å². The van der Waals surface area contributed by atoms with Gasteiger partial charge in [0.25, 0.3) is 0 Å². The van der Waals surface area contributed by atoms with Crippen LogP contribution in [-0.2, 0) is 9.63 Å². The van der Waals surface area contributed by atoms with Crippen LogP contribution in [-0.4, -0.2) is 25.6 Å². The number of rotatable bonds is 8. The molecule has 0 heterocycles. The normalized spacial score (nSPS) is 10.1. The molecule has 30 heavy (non-hydrogen) atoms. The standard InChI is InChI=1S/C23H24N2O5/c1-3-4-5-8-15-29-21-16-17(11-13-20(21)28-2)12-14-22(26)25-19-10-7-6-9-18(19)23(27)30-24/h6-7,9-14,16H,3,8,15,24H2,1-2H3,(H,25,26)/b14-12+. The first-order valence-corrected chi connectivity index (χ1v) is 9.34. The lowest BCUT2D eigenvalue weighted by molar-refractivity contribution is -0.111. The van der Waals surface area contributed by atoms with E-state index in [0.29, 0.717) is 30.2 Å². The van der Waals surface area contributed by atoms with Crippen molar-refractivity contribution in [1.29, 1.82) is 0 Å². The minimum absolute atomic E-state index is 0.160. The molecule has 3 N–H and O–H groups in total. The summed E-state index contributed by atoms with van der Waals surface area (Å²) in [5, 5.41) is 2.63. The van der Waals surface area contributed by atoms with Crippen molar-refractivity contribution in [2.45, 2.75) is 19.8 Å². The summed E-state index contributed by atoms with van der Waals surface area (Å²) in [5.74, 6) is 10.9. The number of carbonyl (C=O) groups excluding carboxylic acids is 2. The van der Waals surface area contributed by atoms with Crippen molar-refractivity contribution in [2.75, 3.05) is 19.0 Å². The number of benzene rings is 2. The molecule has 0 aliphatic carbocycles. The number of hydrogen-bond acceptors (Lipinski definition) is 6. The third kappa shape index (κ3) is 6.69. The molecule has 2 rings (SSSR count). The van der Waals surface area contributed by atoms with E-state index in [4.69, 9.17) is 15.4 Å². The molecule has 0 saturated heterocycles. The van der Waals surface area contributed by atoms with Gasteiger partial charge in [-0.15, -0.1) is 5.92 Å². The fraction of sp³-hybridized carbons (Fsp3) is 0.217. The van der Waals surface area contributed by atoms with Gasteiger partial charge in [-0.2, -0.15) is 5.90 Å². The minimum Gasteiger partial charge on any atom is -0.493 e. The van der Waals surface area contributed by atoms with Gasteiger partial charge in [0.05, 0.1) is 25.0 Å². The molecule has 0 aliphatic heterocycles. The van der Waals surface area contributed by atoms with Crippen LogP contribution in [0, 0.1) is 11.8 Å². The lowest BCUT2D eigenvalue weighted by Crippen LogP contribution is -2.15. The molecule has 2 aromatic rings. The molecule has 0 aromatic heterocycles. The number of para-hydroxylation sites is 1. The highest BCUT2D eigenvalue weighted by molar-refractivity contribution is 6.06. The van der Waals surface area contributed by atoms with Gasteiger partial charge >= 0.3 is 5.97 Å². The third-order valence-corrected chi connectivity index (χ3v) is 3.91. The zero-order chi connectivity index (χ0) is 21.8. The molecule has 0 aliphatic rings. The van der Waals surface area contributed by atoms with Crippen LogP contribution in [0.1, 0.15) is 35.7 Å². The number of amides is 1. The first-order chi connectivity index (χ1) is 14.6. The molecule has 156 valence electrons. The van der Waals surface area contributed by atoms with Crippen molar-refractivity contribution >= 4 is 23.6 Å². The average Bonchev–Trinajstić information content (AvgIpc) is 2.77. The Morgan fingerprint density at radius 2 is 1.93 bits per heavy atom. The zero-order valence-corrected chi connectivity index (χ0v) is 16.9. The topological polar surface area (TPSA) is 99.9 Å². The van der Waals surface area contributed by atoms with E-state index in [9.17, 15) is 9.59 Å². The molecule has 1 amide bonds. The van der Waals surface area contributed by atoms with Gasteiger partial charge < -0.3 is 19.6 Å². The van der Waals surface area contributed by atoms with E-state index >= 15 is 0 Å². The second-order valence-corrected chi connectivity index (χ2v) is 5.99. The largest absolute Gasteiger partial charge is 0.493 e. The Hall–Kier alpha value is -3.76. The molecule has 7 heteroatoms. The molecule has 7 nitrogen and oxygen atoms in total. The van der Waals surface area contributed by atoms with E-state index in [-0.39, 0.29) is 5.56 Å². The van der Waals surface area contributed by atoms with Crippen LogP contribution in [0.15, 0.2) is 48.5 Å². The van der Waals surface area contributed by atoms with E-state index in [1.807, 2.05) is 6.92 Å². The Kier molecular flexibility index (Phi) is 8.97. The molecule has 0 saturated carbocycles. The summed E-state index contributed by atoms with van der Waals surface area (Å²) in [5.41, 5.74) is 1.21. The molecule has 2 aromatic carbocycles. The maximum atomic E-state index is 12.3. The lowest BCUT2D eigenvalue weighted by Gasteiger charge is -2.10. The molecular formula is C23H24N2O5. The highest BCUT2D eigenvalue weighted by Crippen LogP contribution is 2.28. The Bertz CT molecular complexity index is 973. The first kappa shape index (κ1) is 22.5. The molecular weight excluding hydrogens is 384 g/mol. The third-order valence-electron chi connectivity index (χ3n) is 3.91. The van der Waals surface area contributed by atoms with E-state index in [1.54, 1.807) is 49.6 Å². The van der Waals surface area contributed by atoms with Gasteiger partial charge in [-0.05, 0) is 35.9 Å². The summed E-state index contributed by atoms with van der Waals surface area (Å²) in [7, 11) is 1.56. The average molecular weight is 408 g/mol. The zero-order valence-electron chi connectivity index (χ0n) is 16.9. The SMILES string of the molecule is CCC#CCCOc1cc(/C=C/C(=O)Nc2ccccc2C(=O)ON)ccc1OC. The second kappa shape index (κ2) is 11.9. The van der Waals surface area contributed by atoms with Crippen LogP contribution >= 0.6 is 0 Å². The molecule has 0 bridgehead atoms. The predicted octanol–water partition coefficient (Wildman–Crippen LogP) is 3.56. The Morgan fingerprint density at radius 3 is 2.67 bits per heavy atom. The van der Waals surface area contributed by atoms with E-state index in [0.717, 1.165) is 12.0 Å². The fourth-order valence-corrected chi connectivity index (χ4v) is 2.52. The van der Waals surface area contributed by atoms with Gasteiger partial charge in [-0.25, -0.2) is 4.79 Å². The number of anilines is 1. The molecule has 0 fully saturated rings. The van der Waals surface area contributed by atoms with E-state index < -0.39 is 11.9 Å². The van der Waals surface area contributed by atoms with Crippen LogP contribution in [0.2, 0.25) is 0 Å². The fourth-order valence-electron chi connectivity index (χ4n) is 2.52. The smallest absolute Gasteiger partial charge is 0.358 e. The summed E-state index contributed by atoms with van der Waals surface area (Å²) in [6, 6.07) is 11.7. The predicted molar refractivity (Wildman–Crippen MR) is 115 cm³/mol. The van der Waals surface area contributed by atoms with Crippen LogP contribution < -0.4 is 20.7 Å². The number of hydrogen-bond donors (Lipinski definition) is 2. The molecule has 0 unspecified atom stereocenters. The van der Waals surface area contributed by atoms with Crippen molar-refractivity contribution < 1.29 is 23.9 Å². The maximum absolute atomic E-state index is 12.3. The van der Waals surface area contributed by atoms with Crippen LogP contribution in [0.4, 0.5) is 5.69 Å². The number of nitrogens with one attached hydrogen (secondary N) is 1. The van der Waals surface area contributed by atoms with Crippen molar-refractivity contribution in [3.8, 4) is 23.3 Å². The van der Waals surface area contributed by atoms with Crippen molar-refractivity contribution in [3.05, 3.63) is 59.7 Å². The highest BCUT2D eigenvalue weighted by atomic mass is 16.7. The van der Waals surface area contributed by atoms with Crippen LogP contribution in [0.5, 0.6) is 11.5 Å². The molecule has 0 atom stereocenters. The first-order valence-electron chi connectivity index (χ1n) is 9.34. The number of nitrogens with two attached hydrogens (primary N) is 1. The van der Waals surface area contributed by atoms with Gasteiger partial charge in [0.1, 0.15) is 0 Å². The summed E-state index contributed by atoms with van der Waals surface area (Å²) in [6.45, 7) is 2.43. The van der Waals surface area contributed by atoms with Crippen molar-refractivity contribution in [1.82, 2.24) is 0 Å². The number of carbonyl (C=O) groups is 2. The Balaban J connectivity index is 2.07. The second-order valence-electron chi connectivity index (χ2n) is 5.99. The quantitative estimate of drug-likeness (QED) is 0.300. The molecule has 0 radical (unpaired) electrons. The lowest BCUT2D eigenvalue weighted by atomic mass is 10.1. The number of ether oxygens (including phenoxy) is 2. The summed E-state index contributed by atoms with van der Waals surface area (Å²) in [6.07, 6.45) is 4.40. The number of methoxy groups -OCH3 is 1. The van der Waals surface area contributed by atoms with Crippen LogP contribution in [0.25, 0.3) is 6.08 Å². The minimum atomic E-state index is -0.740. The van der Waals surface area contributed by atoms with E-state index in [2.05, 4.69) is 22.0 Å². The summed E-state index contributed by atoms with van der Waals surface area (Å²) in [4.78, 5) is 28.2.